The molecule has 3 N–H and O–H groups in total. The quantitative estimate of drug-likeness (QED) is 0.664. The second-order valence-corrected chi connectivity index (χ2v) is 8.54. The van der Waals surface area contributed by atoms with Crippen LogP contribution < -0.4 is 16.1 Å². The Hall–Kier alpha value is -2.93. The number of hydrogen-bond donors (Lipinski definition) is 3. The third kappa shape index (κ3) is 3.77. The van der Waals surface area contributed by atoms with Crippen LogP contribution in [0.15, 0.2) is 42.5 Å². The van der Waals surface area contributed by atoms with Crippen LogP contribution in [0.2, 0.25) is 0 Å². The Labute approximate surface area is 176 Å². The van der Waals surface area contributed by atoms with Gasteiger partial charge in [-0.3, -0.25) is 15.0 Å². The van der Waals surface area contributed by atoms with Gasteiger partial charge in [0.25, 0.3) is 11.8 Å². The molecule has 1 heterocycles. The SMILES string of the molecule is CC1CCC2(CC1)NC(=O)N(NC(=O)CN[C@H](C)c1cccc3ccccc13)C2=O. The van der Waals surface area contributed by atoms with Crippen LogP contribution in [0.25, 0.3) is 10.8 Å². The number of amides is 4. The monoisotopic (exact) mass is 408 g/mol. The normalized spacial score (nSPS) is 24.9. The summed E-state index contributed by atoms with van der Waals surface area (Å²) in [7, 11) is 0. The van der Waals surface area contributed by atoms with Crippen molar-refractivity contribution in [3.8, 4) is 0 Å². The molecule has 2 aromatic rings. The van der Waals surface area contributed by atoms with E-state index in [1.54, 1.807) is 0 Å². The molecular formula is C23H28N4O3. The standard InChI is InChI=1S/C23H28N4O3/c1-15-10-12-23(13-11-15)21(29)27(22(30)25-23)26-20(28)14-24-16(2)18-9-5-7-17-6-3-4-8-19(17)18/h3-9,15-16,24H,10-14H2,1-2H3,(H,25,30)(H,26,28)/t15?,16-,23?/m1/s1. The smallest absolute Gasteiger partial charge is 0.322 e. The van der Waals surface area contributed by atoms with Crippen molar-refractivity contribution in [1.82, 2.24) is 21.1 Å². The highest BCUT2D eigenvalue weighted by molar-refractivity contribution is 6.08. The van der Waals surface area contributed by atoms with Crippen LogP contribution in [-0.2, 0) is 9.59 Å². The second-order valence-electron chi connectivity index (χ2n) is 8.54. The van der Waals surface area contributed by atoms with E-state index in [2.05, 4.69) is 41.2 Å². The van der Waals surface area contributed by atoms with E-state index in [4.69, 9.17) is 0 Å². The van der Waals surface area contributed by atoms with Gasteiger partial charge in [-0.05, 0) is 54.9 Å². The fourth-order valence-corrected chi connectivity index (χ4v) is 4.46. The van der Waals surface area contributed by atoms with E-state index < -0.39 is 17.5 Å². The molecule has 2 aromatic carbocycles. The van der Waals surface area contributed by atoms with Gasteiger partial charge in [0.15, 0.2) is 0 Å². The molecule has 2 fully saturated rings. The fourth-order valence-electron chi connectivity index (χ4n) is 4.46. The van der Waals surface area contributed by atoms with E-state index in [9.17, 15) is 14.4 Å². The number of rotatable bonds is 5. The Morgan fingerprint density at radius 2 is 1.87 bits per heavy atom. The summed E-state index contributed by atoms with van der Waals surface area (Å²) in [6, 6.07) is 13.5. The van der Waals surface area contributed by atoms with Gasteiger partial charge in [-0.15, -0.1) is 0 Å². The molecule has 0 unspecified atom stereocenters. The molecule has 4 amide bonds. The molecule has 2 aliphatic rings. The molecule has 0 aromatic heterocycles. The molecule has 0 bridgehead atoms. The minimum absolute atomic E-state index is 0.00845. The van der Waals surface area contributed by atoms with E-state index in [0.29, 0.717) is 18.8 Å². The molecular weight excluding hydrogens is 380 g/mol. The maximum absolute atomic E-state index is 12.8. The summed E-state index contributed by atoms with van der Waals surface area (Å²) in [6.07, 6.45) is 3.00. The summed E-state index contributed by atoms with van der Waals surface area (Å²) in [5.41, 5.74) is 2.70. The van der Waals surface area contributed by atoms with Gasteiger partial charge in [0.05, 0.1) is 6.54 Å². The Bertz CT molecular complexity index is 976. The number of nitrogens with zero attached hydrogens (tertiary/aromatic N) is 1. The molecule has 1 aliphatic carbocycles. The zero-order valence-electron chi connectivity index (χ0n) is 17.4. The predicted octanol–water partition coefficient (Wildman–Crippen LogP) is 3.02. The fraction of sp³-hybridized carbons (Fsp3) is 0.435. The minimum atomic E-state index is -0.861. The largest absolute Gasteiger partial charge is 0.344 e. The van der Waals surface area contributed by atoms with Crippen LogP contribution >= 0.6 is 0 Å². The molecule has 4 rings (SSSR count). The van der Waals surface area contributed by atoms with Crippen LogP contribution in [0, 0.1) is 5.92 Å². The number of nitrogens with one attached hydrogen (secondary N) is 3. The van der Waals surface area contributed by atoms with Crippen molar-refractivity contribution in [2.75, 3.05) is 6.54 Å². The Kier molecular flexibility index (Phi) is 5.47. The molecule has 1 saturated carbocycles. The Morgan fingerprint density at radius 1 is 1.17 bits per heavy atom. The summed E-state index contributed by atoms with van der Waals surface area (Å²) in [6.45, 7) is 4.13. The number of carbonyl (C=O) groups is 3. The van der Waals surface area contributed by atoms with Gasteiger partial charge in [0.1, 0.15) is 5.54 Å². The molecule has 1 atom stereocenters. The lowest BCUT2D eigenvalue weighted by molar-refractivity contribution is -0.139. The van der Waals surface area contributed by atoms with Crippen molar-refractivity contribution < 1.29 is 14.4 Å². The Balaban J connectivity index is 1.37. The zero-order chi connectivity index (χ0) is 21.3. The van der Waals surface area contributed by atoms with E-state index in [-0.39, 0.29) is 18.5 Å². The average molecular weight is 409 g/mol. The molecule has 7 heteroatoms. The Morgan fingerprint density at radius 3 is 2.63 bits per heavy atom. The summed E-state index contributed by atoms with van der Waals surface area (Å²) in [5, 5.41) is 9.11. The average Bonchev–Trinajstić information content (AvgIpc) is 2.98. The number of carbonyl (C=O) groups excluding carboxylic acids is 3. The number of fused-ring (bicyclic) bond motifs is 1. The first-order valence-electron chi connectivity index (χ1n) is 10.6. The number of imide groups is 1. The van der Waals surface area contributed by atoms with Crippen LogP contribution in [0.3, 0.4) is 0 Å². The lowest BCUT2D eigenvalue weighted by Gasteiger charge is -2.33. The first-order valence-corrected chi connectivity index (χ1v) is 10.6. The minimum Gasteiger partial charge on any atom is -0.322 e. The van der Waals surface area contributed by atoms with Gasteiger partial charge >= 0.3 is 6.03 Å². The molecule has 30 heavy (non-hydrogen) atoms. The summed E-state index contributed by atoms with van der Waals surface area (Å²) in [4.78, 5) is 37.7. The van der Waals surface area contributed by atoms with Crippen molar-refractivity contribution in [2.45, 2.75) is 51.1 Å². The van der Waals surface area contributed by atoms with Crippen LogP contribution in [0.4, 0.5) is 4.79 Å². The third-order valence-electron chi connectivity index (χ3n) is 6.38. The van der Waals surface area contributed by atoms with Crippen molar-refractivity contribution >= 4 is 28.6 Å². The van der Waals surface area contributed by atoms with E-state index in [0.717, 1.165) is 34.2 Å². The number of benzene rings is 2. The van der Waals surface area contributed by atoms with E-state index in [1.807, 2.05) is 31.2 Å². The maximum Gasteiger partial charge on any atom is 0.344 e. The summed E-state index contributed by atoms with van der Waals surface area (Å²) in [5.74, 6) is -0.231. The van der Waals surface area contributed by atoms with Gasteiger partial charge < -0.3 is 10.6 Å². The zero-order valence-corrected chi connectivity index (χ0v) is 17.4. The van der Waals surface area contributed by atoms with Gasteiger partial charge in [0.2, 0.25) is 0 Å². The van der Waals surface area contributed by atoms with Crippen LogP contribution in [0.1, 0.15) is 51.1 Å². The summed E-state index contributed by atoms with van der Waals surface area (Å²) >= 11 is 0. The van der Waals surface area contributed by atoms with Crippen molar-refractivity contribution in [2.24, 2.45) is 5.92 Å². The number of hydrazine groups is 1. The first kappa shape index (κ1) is 20.3. The predicted molar refractivity (Wildman–Crippen MR) is 114 cm³/mol. The summed E-state index contributed by atoms with van der Waals surface area (Å²) < 4.78 is 0. The molecule has 0 radical (unpaired) electrons. The topological polar surface area (TPSA) is 90.5 Å². The molecule has 7 nitrogen and oxygen atoms in total. The van der Waals surface area contributed by atoms with E-state index in [1.165, 1.54) is 0 Å². The maximum atomic E-state index is 12.8. The highest BCUT2D eigenvalue weighted by Crippen LogP contribution is 2.35. The lowest BCUT2D eigenvalue weighted by Crippen LogP contribution is -2.52. The van der Waals surface area contributed by atoms with E-state index >= 15 is 0 Å². The van der Waals surface area contributed by atoms with Crippen LogP contribution in [0.5, 0.6) is 0 Å². The number of hydrogen-bond acceptors (Lipinski definition) is 4. The van der Waals surface area contributed by atoms with Gasteiger partial charge in [-0.2, -0.15) is 5.01 Å². The van der Waals surface area contributed by atoms with Crippen molar-refractivity contribution in [3.63, 3.8) is 0 Å². The third-order valence-corrected chi connectivity index (χ3v) is 6.38. The lowest BCUT2D eigenvalue weighted by atomic mass is 9.77. The van der Waals surface area contributed by atoms with Crippen molar-refractivity contribution in [1.29, 1.82) is 0 Å². The van der Waals surface area contributed by atoms with Crippen molar-refractivity contribution in [3.05, 3.63) is 48.0 Å². The second kappa shape index (κ2) is 8.07. The highest BCUT2D eigenvalue weighted by Gasteiger charge is 2.52. The first-order chi connectivity index (χ1) is 14.4. The van der Waals surface area contributed by atoms with Gasteiger partial charge in [0, 0.05) is 6.04 Å². The van der Waals surface area contributed by atoms with Crippen LogP contribution in [-0.4, -0.2) is 34.9 Å². The molecule has 1 spiro atoms. The molecule has 158 valence electrons. The van der Waals surface area contributed by atoms with Gasteiger partial charge in [-0.25, -0.2) is 4.79 Å². The van der Waals surface area contributed by atoms with Gasteiger partial charge in [-0.1, -0.05) is 49.4 Å². The number of urea groups is 1. The molecule has 1 saturated heterocycles. The highest BCUT2D eigenvalue weighted by atomic mass is 16.2. The molecule has 1 aliphatic heterocycles.